The van der Waals surface area contributed by atoms with Gasteiger partial charge in [-0.2, -0.15) is 4.37 Å². The van der Waals surface area contributed by atoms with Crippen LogP contribution in [0.2, 0.25) is 0 Å². The second-order valence-electron chi connectivity index (χ2n) is 4.52. The van der Waals surface area contributed by atoms with Gasteiger partial charge in [-0.15, -0.1) is 15.7 Å². The molecular formula is C12H18N4O2S2. The minimum absolute atomic E-state index is 0.164. The molecule has 8 heteroatoms. The largest absolute Gasteiger partial charge is 0.473 e. The Morgan fingerprint density at radius 3 is 2.85 bits per heavy atom. The van der Waals surface area contributed by atoms with Gasteiger partial charge in [0.15, 0.2) is 0 Å². The summed E-state index contributed by atoms with van der Waals surface area (Å²) in [6.07, 6.45) is 0.949. The number of rotatable bonds is 7. The second-order valence-corrected chi connectivity index (χ2v) is 6.31. The zero-order valence-electron chi connectivity index (χ0n) is 11.7. The van der Waals surface area contributed by atoms with Crippen molar-refractivity contribution in [2.45, 2.75) is 32.9 Å². The van der Waals surface area contributed by atoms with Gasteiger partial charge in [-0.25, -0.2) is 4.98 Å². The van der Waals surface area contributed by atoms with E-state index in [4.69, 9.17) is 4.74 Å². The number of nitrogens with zero attached hydrogens (tertiary/aromatic N) is 3. The van der Waals surface area contributed by atoms with E-state index in [2.05, 4.69) is 26.0 Å². The van der Waals surface area contributed by atoms with E-state index in [1.807, 2.05) is 13.8 Å². The Labute approximate surface area is 126 Å². The third-order valence-corrected chi connectivity index (χ3v) is 4.47. The summed E-state index contributed by atoms with van der Waals surface area (Å²) in [6, 6.07) is 0.164. The summed E-state index contributed by atoms with van der Waals surface area (Å²) in [6.45, 7) is 6.73. The topological polar surface area (TPSA) is 80.2 Å². The molecule has 0 bridgehead atoms. The highest BCUT2D eigenvalue weighted by Crippen LogP contribution is 2.24. The minimum atomic E-state index is -0.589. The Bertz CT molecular complexity index is 530. The van der Waals surface area contributed by atoms with E-state index in [0.717, 1.165) is 22.4 Å². The molecule has 0 saturated carbocycles. The molecule has 2 aromatic heterocycles. The van der Waals surface area contributed by atoms with Gasteiger partial charge in [0.05, 0.1) is 22.4 Å². The molecule has 110 valence electrons. The molecule has 2 N–H and O–H groups in total. The van der Waals surface area contributed by atoms with Crippen LogP contribution in [0.1, 0.15) is 28.5 Å². The van der Waals surface area contributed by atoms with E-state index in [1.54, 1.807) is 11.3 Å². The number of aliphatic hydroxyl groups excluding tert-OH is 1. The fraction of sp³-hybridized carbons (Fsp3) is 0.583. The van der Waals surface area contributed by atoms with Crippen LogP contribution in [0.25, 0.3) is 0 Å². The van der Waals surface area contributed by atoms with Gasteiger partial charge in [0.1, 0.15) is 18.9 Å². The molecule has 0 aliphatic carbocycles. The van der Waals surface area contributed by atoms with Crippen molar-refractivity contribution in [3.05, 3.63) is 21.8 Å². The van der Waals surface area contributed by atoms with Crippen molar-refractivity contribution in [2.24, 2.45) is 0 Å². The van der Waals surface area contributed by atoms with Gasteiger partial charge in [0.25, 0.3) is 0 Å². The van der Waals surface area contributed by atoms with E-state index in [0.29, 0.717) is 12.4 Å². The van der Waals surface area contributed by atoms with Gasteiger partial charge in [-0.1, -0.05) is 0 Å². The molecule has 0 saturated heterocycles. The van der Waals surface area contributed by atoms with Crippen molar-refractivity contribution in [3.8, 4) is 5.88 Å². The first-order chi connectivity index (χ1) is 9.56. The standard InChI is InChI=1S/C12H18N4O2S2/c1-7(12-8(2)15-9(3)19-12)13-4-10(17)6-18-11-5-14-20-16-11/h5,7,10,13,17H,4,6H2,1-3H3. The van der Waals surface area contributed by atoms with Crippen molar-refractivity contribution in [2.75, 3.05) is 13.2 Å². The van der Waals surface area contributed by atoms with E-state index in [-0.39, 0.29) is 12.6 Å². The molecule has 0 spiro atoms. The summed E-state index contributed by atoms with van der Waals surface area (Å²) in [5.74, 6) is 0.455. The predicted octanol–water partition coefficient (Wildman–Crippen LogP) is 1.70. The lowest BCUT2D eigenvalue weighted by atomic mass is 10.2. The first-order valence-electron chi connectivity index (χ1n) is 6.32. The maximum absolute atomic E-state index is 9.87. The maximum Gasteiger partial charge on any atom is 0.245 e. The molecule has 2 atom stereocenters. The van der Waals surface area contributed by atoms with Crippen molar-refractivity contribution in [1.29, 1.82) is 0 Å². The quantitative estimate of drug-likeness (QED) is 0.810. The Balaban J connectivity index is 1.75. The fourth-order valence-corrected chi connectivity index (χ4v) is 3.13. The fourth-order valence-electron chi connectivity index (χ4n) is 1.81. The highest BCUT2D eigenvalue weighted by Gasteiger charge is 2.14. The van der Waals surface area contributed by atoms with Crippen LogP contribution in [0.5, 0.6) is 5.88 Å². The highest BCUT2D eigenvalue weighted by molar-refractivity contribution is 7.11. The minimum Gasteiger partial charge on any atom is -0.473 e. The molecule has 2 heterocycles. The Kier molecular flexibility index (Phi) is 5.41. The van der Waals surface area contributed by atoms with E-state index in [9.17, 15) is 5.11 Å². The van der Waals surface area contributed by atoms with Crippen LogP contribution in [-0.4, -0.2) is 38.1 Å². The van der Waals surface area contributed by atoms with Crippen LogP contribution < -0.4 is 10.1 Å². The van der Waals surface area contributed by atoms with Crippen LogP contribution in [0.4, 0.5) is 0 Å². The zero-order chi connectivity index (χ0) is 14.5. The maximum atomic E-state index is 9.87. The number of aromatic nitrogens is 3. The van der Waals surface area contributed by atoms with Crippen molar-refractivity contribution >= 4 is 23.1 Å². The normalized spacial score (nSPS) is 14.2. The van der Waals surface area contributed by atoms with Gasteiger partial charge in [-0.05, 0) is 20.8 Å². The van der Waals surface area contributed by atoms with Gasteiger partial charge in [0, 0.05) is 17.5 Å². The molecule has 0 radical (unpaired) electrons. The van der Waals surface area contributed by atoms with Crippen LogP contribution in [0, 0.1) is 13.8 Å². The van der Waals surface area contributed by atoms with E-state index >= 15 is 0 Å². The molecule has 6 nitrogen and oxygen atoms in total. The number of hydrogen-bond acceptors (Lipinski definition) is 8. The Morgan fingerprint density at radius 2 is 2.25 bits per heavy atom. The highest BCUT2D eigenvalue weighted by atomic mass is 32.1. The first-order valence-corrected chi connectivity index (χ1v) is 7.86. The monoisotopic (exact) mass is 314 g/mol. The summed E-state index contributed by atoms with van der Waals surface area (Å²) in [7, 11) is 0. The summed E-state index contributed by atoms with van der Waals surface area (Å²) in [4.78, 5) is 5.61. The molecule has 0 aliphatic rings. The van der Waals surface area contributed by atoms with Gasteiger partial charge in [0.2, 0.25) is 5.88 Å². The van der Waals surface area contributed by atoms with Crippen LogP contribution >= 0.6 is 23.1 Å². The molecule has 0 amide bonds. The molecule has 0 aliphatic heterocycles. The van der Waals surface area contributed by atoms with E-state index in [1.165, 1.54) is 11.1 Å². The summed E-state index contributed by atoms with van der Waals surface area (Å²) < 4.78 is 13.1. The van der Waals surface area contributed by atoms with Gasteiger partial charge >= 0.3 is 0 Å². The lowest BCUT2D eigenvalue weighted by Gasteiger charge is -2.16. The van der Waals surface area contributed by atoms with E-state index < -0.39 is 6.10 Å². The molecule has 2 rings (SSSR count). The molecular weight excluding hydrogens is 296 g/mol. The summed E-state index contributed by atoms with van der Waals surface area (Å²) in [5.41, 5.74) is 1.05. The first kappa shape index (κ1) is 15.3. The molecule has 2 aromatic rings. The number of nitrogens with one attached hydrogen (secondary N) is 1. The smallest absolute Gasteiger partial charge is 0.245 e. The summed E-state index contributed by atoms with van der Waals surface area (Å²) >= 11 is 2.76. The lowest BCUT2D eigenvalue weighted by molar-refractivity contribution is 0.102. The van der Waals surface area contributed by atoms with Gasteiger partial charge in [-0.3, -0.25) is 0 Å². The van der Waals surface area contributed by atoms with Gasteiger partial charge < -0.3 is 15.2 Å². The average Bonchev–Trinajstić information content (AvgIpc) is 3.03. The molecule has 20 heavy (non-hydrogen) atoms. The number of aliphatic hydroxyl groups is 1. The van der Waals surface area contributed by atoms with Crippen molar-refractivity contribution in [3.63, 3.8) is 0 Å². The number of thiazole rings is 1. The molecule has 0 fully saturated rings. The third-order valence-electron chi connectivity index (χ3n) is 2.76. The van der Waals surface area contributed by atoms with Crippen LogP contribution in [0.15, 0.2) is 6.20 Å². The average molecular weight is 314 g/mol. The van der Waals surface area contributed by atoms with Crippen LogP contribution in [0.3, 0.4) is 0 Å². The number of aryl methyl sites for hydroxylation is 2. The van der Waals surface area contributed by atoms with Crippen molar-refractivity contribution in [1.82, 2.24) is 19.0 Å². The third kappa shape index (κ3) is 4.20. The number of ether oxygens (including phenoxy) is 1. The number of hydrogen-bond donors (Lipinski definition) is 2. The predicted molar refractivity (Wildman–Crippen MR) is 79.4 cm³/mol. The summed E-state index contributed by atoms with van der Waals surface area (Å²) in [5, 5.41) is 14.2. The second kappa shape index (κ2) is 7.07. The SMILES string of the molecule is Cc1nc(C)c(C(C)NCC(O)COc2cnsn2)s1. The zero-order valence-corrected chi connectivity index (χ0v) is 13.3. The lowest BCUT2D eigenvalue weighted by Crippen LogP contribution is -2.33. The molecule has 2 unspecified atom stereocenters. The van der Waals surface area contributed by atoms with Crippen LogP contribution in [-0.2, 0) is 0 Å². The Hall–Kier alpha value is -1.09. The Morgan fingerprint density at radius 1 is 1.45 bits per heavy atom. The van der Waals surface area contributed by atoms with Crippen molar-refractivity contribution < 1.29 is 9.84 Å². The molecule has 0 aromatic carbocycles.